The summed E-state index contributed by atoms with van der Waals surface area (Å²) in [5.41, 5.74) is 5.76. The number of aryl methyl sites for hydroxylation is 1. The van der Waals surface area contributed by atoms with Crippen molar-refractivity contribution in [1.82, 2.24) is 25.0 Å². The van der Waals surface area contributed by atoms with Crippen molar-refractivity contribution in [3.8, 4) is 17.2 Å². The number of carbonyl (C=O) groups excluding carboxylic acids is 5. The molecule has 17 heteroatoms. The van der Waals surface area contributed by atoms with Crippen molar-refractivity contribution in [2.75, 3.05) is 93.0 Å². The summed E-state index contributed by atoms with van der Waals surface area (Å²) in [6, 6.07) is 21.8. The van der Waals surface area contributed by atoms with Gasteiger partial charge in [0.1, 0.15) is 34.5 Å². The average Bonchev–Trinajstić information content (AvgIpc) is 4.15. The van der Waals surface area contributed by atoms with Crippen molar-refractivity contribution < 1.29 is 37.8 Å². The second-order valence-electron chi connectivity index (χ2n) is 20.1. The van der Waals surface area contributed by atoms with Gasteiger partial charge in [0.05, 0.1) is 18.3 Å². The van der Waals surface area contributed by atoms with Crippen LogP contribution in [0.1, 0.15) is 66.4 Å². The second kappa shape index (κ2) is 19.8. The number of aromatic nitrogens is 1. The number of rotatable bonds is 14. The van der Waals surface area contributed by atoms with E-state index in [1.54, 1.807) is 42.5 Å². The van der Waals surface area contributed by atoms with E-state index in [9.17, 15) is 28.4 Å². The molecule has 5 aliphatic heterocycles. The Hall–Kier alpha value is -7.11. The predicted octanol–water partition coefficient (Wildman–Crippen LogP) is 6.58. The maximum atomic E-state index is 13.6. The average molecular weight is 978 g/mol. The Balaban J connectivity index is 0.651. The summed E-state index contributed by atoms with van der Waals surface area (Å²) in [5, 5.41) is 8.85. The summed E-state index contributed by atoms with van der Waals surface area (Å²) in [6.07, 6.45) is 7.42. The number of benzene rings is 4. The number of nitrogens with zero attached hydrogens (tertiary/aromatic N) is 6. The first-order valence-corrected chi connectivity index (χ1v) is 25.4. The molecule has 4 fully saturated rings. The normalized spacial score (nSPS) is 20.2. The maximum absolute atomic E-state index is 13.6. The smallest absolute Gasteiger partial charge is 0.255 e. The summed E-state index contributed by atoms with van der Waals surface area (Å²) in [5.74, 6) is 0.569. The predicted molar refractivity (Wildman–Crippen MR) is 271 cm³/mol. The molecule has 16 nitrogen and oxygen atoms in total. The monoisotopic (exact) mass is 977 g/mol. The molecular formula is C55H60FN9O7. The minimum Gasteiger partial charge on any atom is -0.495 e. The first kappa shape index (κ1) is 47.2. The fraction of sp³-hybridized carbons (Fsp3) is 0.418. The number of methoxy groups -OCH3 is 1. The zero-order valence-corrected chi connectivity index (χ0v) is 40.6. The lowest BCUT2D eigenvalue weighted by atomic mass is 9.95. The molecule has 6 heterocycles. The number of anilines is 4. The Morgan fingerprint density at radius 2 is 1.50 bits per heavy atom. The molecule has 0 spiro atoms. The Labute approximate surface area is 417 Å². The lowest BCUT2D eigenvalue weighted by Crippen LogP contribution is -2.52. The summed E-state index contributed by atoms with van der Waals surface area (Å²) >= 11 is 0. The van der Waals surface area contributed by atoms with E-state index in [4.69, 9.17) is 14.5 Å². The van der Waals surface area contributed by atoms with Crippen molar-refractivity contribution >= 4 is 63.2 Å². The molecule has 72 heavy (non-hydrogen) atoms. The number of halogens is 1. The zero-order valence-electron chi connectivity index (χ0n) is 40.6. The van der Waals surface area contributed by atoms with Gasteiger partial charge in [0.2, 0.25) is 23.6 Å². The molecule has 3 N–H and O–H groups in total. The van der Waals surface area contributed by atoms with Gasteiger partial charge < -0.3 is 39.7 Å². The Morgan fingerprint density at radius 1 is 0.792 bits per heavy atom. The number of amides is 5. The SMILES string of the molecule is COc1cc2c(Oc3ccc(NC(=O)C4(C(=O)Nc5ccc(F)cc5)CC4)cc3)ccnc2cc1N1CCC(CN2CCN(CCN3CCCc4ccc5c(c43)CN(C3CCC(=O)NC3=O)C5=O)CC2)CC1. The molecule has 5 aromatic rings. The van der Waals surface area contributed by atoms with E-state index < -0.39 is 23.2 Å². The van der Waals surface area contributed by atoms with Gasteiger partial charge in [-0.25, -0.2) is 4.39 Å². The van der Waals surface area contributed by atoms with Gasteiger partial charge in [-0.15, -0.1) is 0 Å². The fourth-order valence-electron chi connectivity index (χ4n) is 11.3. The van der Waals surface area contributed by atoms with Crippen LogP contribution < -0.4 is 35.2 Å². The standard InChI is InChI=1S/C55H60FN9O7/c1-71-48-31-42-44(57-21-16-47(42)72-40-11-9-39(10-12-40)59-54(70)55(19-20-55)53(69)58-38-7-5-37(56)6-8-38)32-46(48)63-23-17-35(18-24-63)33-62-27-25-61(26-28-62)29-30-64-22-2-3-36-4-13-41-43(50(36)64)34-65(52(41)68)45-14-15-49(66)60-51(45)67/h4-13,16,21,31-32,35,45H,2-3,14-15,17-20,22-30,33-34H2,1H3,(H,58,69)(H,59,70)(H,60,66,67). The van der Waals surface area contributed by atoms with Crippen molar-refractivity contribution in [2.24, 2.45) is 11.3 Å². The number of hydrogen-bond donors (Lipinski definition) is 3. The highest BCUT2D eigenvalue weighted by Gasteiger charge is 2.56. The van der Waals surface area contributed by atoms with E-state index in [-0.39, 0.29) is 30.0 Å². The van der Waals surface area contributed by atoms with Crippen LogP contribution in [-0.4, -0.2) is 128 Å². The van der Waals surface area contributed by atoms with E-state index in [1.165, 1.54) is 35.5 Å². The summed E-state index contributed by atoms with van der Waals surface area (Å²) in [7, 11) is 1.69. The number of pyridine rings is 1. The number of fused-ring (bicyclic) bond motifs is 4. The molecule has 0 radical (unpaired) electrons. The van der Waals surface area contributed by atoms with Crippen LogP contribution in [0.5, 0.6) is 17.2 Å². The molecule has 1 aliphatic carbocycles. The molecular weight excluding hydrogens is 918 g/mol. The summed E-state index contributed by atoms with van der Waals surface area (Å²) in [4.78, 5) is 80.9. The molecule has 3 saturated heterocycles. The quantitative estimate of drug-likeness (QED) is 0.0809. The number of ether oxygens (including phenoxy) is 2. The molecule has 1 saturated carbocycles. The van der Waals surface area contributed by atoms with Crippen LogP contribution in [0.15, 0.2) is 85.1 Å². The Bertz CT molecular complexity index is 2910. The van der Waals surface area contributed by atoms with Crippen LogP contribution in [-0.2, 0) is 32.1 Å². The molecule has 6 aliphatic rings. The first-order chi connectivity index (χ1) is 35.0. The number of hydrogen-bond acceptors (Lipinski definition) is 12. The number of nitrogens with one attached hydrogen (secondary N) is 3. The lowest BCUT2D eigenvalue weighted by Gasteiger charge is -2.40. The van der Waals surface area contributed by atoms with Gasteiger partial charge in [0.25, 0.3) is 5.91 Å². The molecule has 0 bridgehead atoms. The van der Waals surface area contributed by atoms with E-state index in [2.05, 4.69) is 47.7 Å². The Kier molecular flexibility index (Phi) is 13.0. The third kappa shape index (κ3) is 9.54. The molecule has 4 aromatic carbocycles. The second-order valence-corrected chi connectivity index (χ2v) is 20.1. The van der Waals surface area contributed by atoms with Crippen molar-refractivity contribution in [3.05, 3.63) is 108 Å². The van der Waals surface area contributed by atoms with Gasteiger partial charge in [-0.1, -0.05) is 6.07 Å². The van der Waals surface area contributed by atoms with Crippen LogP contribution in [0.4, 0.5) is 27.1 Å². The molecule has 1 unspecified atom stereocenters. The van der Waals surface area contributed by atoms with Crippen LogP contribution in [0.25, 0.3) is 10.9 Å². The van der Waals surface area contributed by atoms with Crippen molar-refractivity contribution in [1.29, 1.82) is 0 Å². The number of imide groups is 1. The third-order valence-corrected chi connectivity index (χ3v) is 15.6. The minimum atomic E-state index is -1.17. The highest BCUT2D eigenvalue weighted by Crippen LogP contribution is 2.48. The summed E-state index contributed by atoms with van der Waals surface area (Å²) < 4.78 is 25.7. The molecule has 5 amide bonds. The van der Waals surface area contributed by atoms with Gasteiger partial charge >= 0.3 is 0 Å². The van der Waals surface area contributed by atoms with Crippen LogP contribution in [0, 0.1) is 17.2 Å². The zero-order chi connectivity index (χ0) is 49.5. The lowest BCUT2D eigenvalue weighted by molar-refractivity contribution is -0.137. The highest BCUT2D eigenvalue weighted by atomic mass is 19.1. The molecule has 374 valence electrons. The largest absolute Gasteiger partial charge is 0.495 e. The number of piperazine rings is 1. The van der Waals surface area contributed by atoms with Crippen LogP contribution in [0.2, 0.25) is 0 Å². The molecule has 1 atom stereocenters. The fourth-order valence-corrected chi connectivity index (χ4v) is 11.3. The van der Waals surface area contributed by atoms with Crippen LogP contribution in [0.3, 0.4) is 0 Å². The maximum Gasteiger partial charge on any atom is 0.255 e. The topological polar surface area (TPSA) is 169 Å². The Morgan fingerprint density at radius 3 is 2.19 bits per heavy atom. The highest BCUT2D eigenvalue weighted by molar-refractivity contribution is 6.17. The first-order valence-electron chi connectivity index (χ1n) is 25.4. The van der Waals surface area contributed by atoms with Gasteiger partial charge in [0.15, 0.2) is 0 Å². The van der Waals surface area contributed by atoms with Gasteiger partial charge in [-0.3, -0.25) is 39.2 Å². The van der Waals surface area contributed by atoms with E-state index in [0.29, 0.717) is 60.2 Å². The van der Waals surface area contributed by atoms with Gasteiger partial charge in [0, 0.05) is 118 Å². The van der Waals surface area contributed by atoms with Gasteiger partial charge in [-0.2, -0.15) is 0 Å². The minimum absolute atomic E-state index is 0.117. The molecule has 11 rings (SSSR count). The van der Waals surface area contributed by atoms with E-state index in [0.717, 1.165) is 119 Å². The van der Waals surface area contributed by atoms with Crippen molar-refractivity contribution in [2.45, 2.75) is 64.0 Å². The number of piperidine rings is 2. The molecule has 1 aromatic heterocycles. The van der Waals surface area contributed by atoms with E-state index >= 15 is 0 Å². The number of carbonyl (C=O) groups is 5. The van der Waals surface area contributed by atoms with Crippen LogP contribution >= 0.6 is 0 Å². The van der Waals surface area contributed by atoms with Crippen molar-refractivity contribution in [3.63, 3.8) is 0 Å². The summed E-state index contributed by atoms with van der Waals surface area (Å²) in [6.45, 7) is 10.3. The van der Waals surface area contributed by atoms with Gasteiger partial charge in [-0.05, 0) is 129 Å². The third-order valence-electron chi connectivity index (χ3n) is 15.6. The van der Waals surface area contributed by atoms with E-state index in [1.807, 2.05) is 18.2 Å².